The summed E-state index contributed by atoms with van der Waals surface area (Å²) in [5.74, 6) is 1.04. The van der Waals surface area contributed by atoms with E-state index in [9.17, 15) is 0 Å². The monoisotopic (exact) mass is 234 g/mol. The van der Waals surface area contributed by atoms with Gasteiger partial charge in [0.2, 0.25) is 0 Å². The maximum absolute atomic E-state index is 9.16. The summed E-state index contributed by atoms with van der Waals surface area (Å²) in [6.07, 6.45) is 2.78. The van der Waals surface area contributed by atoms with E-state index in [4.69, 9.17) is 9.84 Å². The summed E-state index contributed by atoms with van der Waals surface area (Å²) in [5, 5.41) is 9.16. The summed E-state index contributed by atoms with van der Waals surface area (Å²) in [6, 6.07) is 6.81. The summed E-state index contributed by atoms with van der Waals surface area (Å²) in [4.78, 5) is 1.28. The molecular formula is C13H14O2S. The second-order valence-electron chi connectivity index (χ2n) is 3.65. The summed E-state index contributed by atoms with van der Waals surface area (Å²) in [5.41, 5.74) is 1.38. The molecule has 0 radical (unpaired) electrons. The van der Waals surface area contributed by atoms with Crippen LogP contribution in [-0.2, 0) is 0 Å². The van der Waals surface area contributed by atoms with Crippen molar-refractivity contribution in [1.29, 1.82) is 0 Å². The van der Waals surface area contributed by atoms with Gasteiger partial charge in [-0.1, -0.05) is 24.4 Å². The van der Waals surface area contributed by atoms with Gasteiger partial charge in [0.15, 0.2) is 5.44 Å². The minimum Gasteiger partial charge on any atom is -0.508 e. The number of hydrogen-bond donors (Lipinski definition) is 1. The van der Waals surface area contributed by atoms with Crippen molar-refractivity contribution in [2.24, 2.45) is 0 Å². The topological polar surface area (TPSA) is 29.5 Å². The van der Waals surface area contributed by atoms with Gasteiger partial charge in [-0.05, 0) is 41.7 Å². The molecule has 0 fully saturated rings. The molecule has 0 saturated heterocycles. The Bertz CT molecular complexity index is 420. The summed E-state index contributed by atoms with van der Waals surface area (Å²) in [6.45, 7) is 5.87. The van der Waals surface area contributed by atoms with E-state index < -0.39 is 0 Å². The van der Waals surface area contributed by atoms with Gasteiger partial charge in [-0.3, -0.25) is 0 Å². The Morgan fingerprint density at radius 2 is 2.12 bits per heavy atom. The Hall–Kier alpha value is -1.35. The molecule has 0 aliphatic carbocycles. The Labute approximate surface area is 99.6 Å². The predicted octanol–water partition coefficient (Wildman–Crippen LogP) is 3.69. The SMILES string of the molecule is C=CC1=C(C)SC(Oc2ccc(O)cc2)C1. The summed E-state index contributed by atoms with van der Waals surface area (Å²) in [7, 11) is 0. The van der Waals surface area contributed by atoms with E-state index in [1.54, 1.807) is 36.0 Å². The lowest BCUT2D eigenvalue weighted by molar-refractivity contribution is 0.292. The maximum atomic E-state index is 9.16. The molecule has 84 valence electrons. The summed E-state index contributed by atoms with van der Waals surface area (Å²) >= 11 is 1.72. The number of hydrogen-bond acceptors (Lipinski definition) is 3. The molecule has 1 aliphatic rings. The van der Waals surface area contributed by atoms with Crippen molar-refractivity contribution in [3.05, 3.63) is 47.4 Å². The first-order chi connectivity index (χ1) is 7.69. The Kier molecular flexibility index (Phi) is 3.25. The fraction of sp³-hybridized carbons (Fsp3) is 0.231. The average Bonchev–Trinajstić information content (AvgIpc) is 2.62. The fourth-order valence-electron chi connectivity index (χ4n) is 1.61. The van der Waals surface area contributed by atoms with Gasteiger partial charge < -0.3 is 9.84 Å². The maximum Gasteiger partial charge on any atom is 0.152 e. The summed E-state index contributed by atoms with van der Waals surface area (Å²) < 4.78 is 5.80. The standard InChI is InChI=1S/C13H14O2S/c1-3-10-8-13(16-9(10)2)15-12-6-4-11(14)5-7-12/h3-7,13-14H,1,8H2,2H3. The molecule has 0 aromatic heterocycles. The van der Waals surface area contributed by atoms with Gasteiger partial charge in [0.05, 0.1) is 0 Å². The van der Waals surface area contributed by atoms with Crippen LogP contribution in [0.15, 0.2) is 47.4 Å². The van der Waals surface area contributed by atoms with Crippen LogP contribution in [0.25, 0.3) is 0 Å². The molecule has 0 bridgehead atoms. The van der Waals surface area contributed by atoms with Crippen LogP contribution >= 0.6 is 11.8 Å². The lowest BCUT2D eigenvalue weighted by atomic mass is 10.2. The zero-order valence-electron chi connectivity index (χ0n) is 9.14. The van der Waals surface area contributed by atoms with E-state index in [0.29, 0.717) is 0 Å². The highest BCUT2D eigenvalue weighted by molar-refractivity contribution is 8.03. The van der Waals surface area contributed by atoms with Crippen molar-refractivity contribution < 1.29 is 9.84 Å². The van der Waals surface area contributed by atoms with Crippen molar-refractivity contribution in [1.82, 2.24) is 0 Å². The number of thioether (sulfide) groups is 1. The third-order valence-corrected chi connectivity index (χ3v) is 3.64. The average molecular weight is 234 g/mol. The fourth-order valence-corrected chi connectivity index (χ4v) is 2.74. The van der Waals surface area contributed by atoms with E-state index in [2.05, 4.69) is 13.5 Å². The Morgan fingerprint density at radius 1 is 1.44 bits per heavy atom. The molecule has 0 amide bonds. The van der Waals surface area contributed by atoms with Crippen molar-refractivity contribution in [3.8, 4) is 11.5 Å². The third kappa shape index (κ3) is 2.42. The highest BCUT2D eigenvalue weighted by Gasteiger charge is 2.22. The molecule has 16 heavy (non-hydrogen) atoms. The minimum absolute atomic E-state index is 0.123. The molecule has 1 unspecified atom stereocenters. The van der Waals surface area contributed by atoms with Crippen LogP contribution in [0.4, 0.5) is 0 Å². The number of rotatable bonds is 3. The molecule has 1 aromatic rings. The van der Waals surface area contributed by atoms with Crippen LogP contribution in [0.5, 0.6) is 11.5 Å². The predicted molar refractivity (Wildman–Crippen MR) is 67.6 cm³/mol. The van der Waals surface area contributed by atoms with E-state index in [1.165, 1.54) is 10.5 Å². The van der Waals surface area contributed by atoms with E-state index in [0.717, 1.165) is 12.2 Å². The second-order valence-corrected chi connectivity index (χ2v) is 5.02. The lowest BCUT2D eigenvalue weighted by Gasteiger charge is -2.12. The van der Waals surface area contributed by atoms with Crippen molar-refractivity contribution in [2.45, 2.75) is 18.8 Å². The molecule has 2 rings (SSSR count). The molecular weight excluding hydrogens is 220 g/mol. The molecule has 0 saturated carbocycles. The molecule has 0 spiro atoms. The van der Waals surface area contributed by atoms with Crippen LogP contribution in [0.1, 0.15) is 13.3 Å². The molecule has 1 heterocycles. The molecule has 1 atom stereocenters. The normalized spacial score (nSPS) is 19.9. The van der Waals surface area contributed by atoms with Gasteiger partial charge in [0.1, 0.15) is 11.5 Å². The van der Waals surface area contributed by atoms with Crippen LogP contribution in [0.3, 0.4) is 0 Å². The van der Waals surface area contributed by atoms with Gasteiger partial charge >= 0.3 is 0 Å². The Balaban J connectivity index is 1.98. The van der Waals surface area contributed by atoms with Gasteiger partial charge in [0, 0.05) is 6.42 Å². The minimum atomic E-state index is 0.123. The third-order valence-electron chi connectivity index (χ3n) is 2.50. The van der Waals surface area contributed by atoms with E-state index >= 15 is 0 Å². The molecule has 2 nitrogen and oxygen atoms in total. The van der Waals surface area contributed by atoms with Crippen molar-refractivity contribution >= 4 is 11.8 Å². The quantitative estimate of drug-likeness (QED) is 0.864. The molecule has 1 aliphatic heterocycles. The van der Waals surface area contributed by atoms with Crippen molar-refractivity contribution in [3.63, 3.8) is 0 Å². The van der Waals surface area contributed by atoms with E-state index in [-0.39, 0.29) is 11.2 Å². The second kappa shape index (κ2) is 4.66. The van der Waals surface area contributed by atoms with Crippen LogP contribution in [0.2, 0.25) is 0 Å². The van der Waals surface area contributed by atoms with E-state index in [1.807, 2.05) is 6.08 Å². The first-order valence-corrected chi connectivity index (χ1v) is 6.01. The van der Waals surface area contributed by atoms with Crippen molar-refractivity contribution in [2.75, 3.05) is 0 Å². The largest absolute Gasteiger partial charge is 0.508 e. The first kappa shape index (κ1) is 11.1. The van der Waals surface area contributed by atoms with Gasteiger partial charge in [-0.2, -0.15) is 0 Å². The van der Waals surface area contributed by atoms with Gasteiger partial charge in [-0.25, -0.2) is 0 Å². The van der Waals surface area contributed by atoms with Gasteiger partial charge in [0.25, 0.3) is 0 Å². The molecule has 3 heteroatoms. The smallest absolute Gasteiger partial charge is 0.152 e. The number of benzene rings is 1. The number of ether oxygens (including phenoxy) is 1. The van der Waals surface area contributed by atoms with Crippen LogP contribution in [0, 0.1) is 0 Å². The number of phenolic OH excluding ortho intramolecular Hbond substituents is 1. The van der Waals surface area contributed by atoms with Crippen LogP contribution < -0.4 is 4.74 Å². The number of phenols is 1. The zero-order valence-corrected chi connectivity index (χ0v) is 9.96. The Morgan fingerprint density at radius 3 is 2.69 bits per heavy atom. The highest BCUT2D eigenvalue weighted by Crippen LogP contribution is 2.38. The molecule has 1 N–H and O–H groups in total. The number of allylic oxidation sites excluding steroid dienone is 2. The molecule has 1 aromatic carbocycles. The van der Waals surface area contributed by atoms with Gasteiger partial charge in [-0.15, -0.1) is 0 Å². The number of aromatic hydroxyl groups is 1. The zero-order chi connectivity index (χ0) is 11.5. The first-order valence-electron chi connectivity index (χ1n) is 5.13. The lowest BCUT2D eigenvalue weighted by Crippen LogP contribution is -2.08. The van der Waals surface area contributed by atoms with Crippen LogP contribution in [-0.4, -0.2) is 10.5 Å². The highest BCUT2D eigenvalue weighted by atomic mass is 32.2.